The van der Waals surface area contributed by atoms with Crippen LogP contribution in [0.1, 0.15) is 37.3 Å². The van der Waals surface area contributed by atoms with Crippen LogP contribution in [-0.2, 0) is 11.2 Å². The monoisotopic (exact) mass is 372 g/mol. The van der Waals surface area contributed by atoms with E-state index in [1.165, 1.54) is 28.7 Å². The van der Waals surface area contributed by atoms with E-state index in [0.29, 0.717) is 18.0 Å². The number of rotatable bonds is 7. The number of benzene rings is 1. The van der Waals surface area contributed by atoms with Crippen LogP contribution in [0, 0.1) is 18.3 Å². The van der Waals surface area contributed by atoms with Gasteiger partial charge in [-0.15, -0.1) is 10.2 Å². The van der Waals surface area contributed by atoms with Crippen LogP contribution in [0.3, 0.4) is 0 Å². The molecule has 5 nitrogen and oxygen atoms in total. The summed E-state index contributed by atoms with van der Waals surface area (Å²) >= 11 is 2.83. The van der Waals surface area contributed by atoms with Crippen LogP contribution in [0.5, 0.6) is 0 Å². The first-order valence-electron chi connectivity index (χ1n) is 8.38. The van der Waals surface area contributed by atoms with Gasteiger partial charge in [0.25, 0.3) is 0 Å². The molecule has 1 aliphatic rings. The fourth-order valence-corrected chi connectivity index (χ4v) is 4.58. The number of nitriles is 1. The molecule has 0 unspecified atom stereocenters. The summed E-state index contributed by atoms with van der Waals surface area (Å²) in [6.07, 6.45) is 3.19. The van der Waals surface area contributed by atoms with Crippen LogP contribution >= 0.6 is 23.1 Å². The Morgan fingerprint density at radius 3 is 2.72 bits per heavy atom. The molecule has 1 aromatic heterocycles. The maximum absolute atomic E-state index is 12.2. The predicted octanol–water partition coefficient (Wildman–Crippen LogP) is 3.98. The number of carbonyl (C=O) groups excluding carboxylic acids is 1. The van der Waals surface area contributed by atoms with Crippen molar-refractivity contribution in [3.8, 4) is 6.07 Å². The number of carbonyl (C=O) groups is 1. The molecule has 0 radical (unpaired) electrons. The molecule has 0 bridgehead atoms. The second-order valence-corrected chi connectivity index (χ2v) is 8.53. The van der Waals surface area contributed by atoms with Crippen LogP contribution in [0.4, 0.5) is 5.13 Å². The summed E-state index contributed by atoms with van der Waals surface area (Å²) in [4.78, 5) is 13.9. The molecular weight excluding hydrogens is 352 g/mol. The molecule has 0 saturated heterocycles. The summed E-state index contributed by atoms with van der Waals surface area (Å²) < 4.78 is 0.739. The highest BCUT2D eigenvalue weighted by molar-refractivity contribution is 8.01. The van der Waals surface area contributed by atoms with Crippen LogP contribution in [-0.4, -0.2) is 27.4 Å². The molecule has 1 aliphatic carbocycles. The van der Waals surface area contributed by atoms with Crippen LogP contribution in [0.15, 0.2) is 28.6 Å². The van der Waals surface area contributed by atoms with E-state index in [1.54, 1.807) is 4.90 Å². The second kappa shape index (κ2) is 7.98. The minimum absolute atomic E-state index is 0.0895. The van der Waals surface area contributed by atoms with Gasteiger partial charge >= 0.3 is 0 Å². The van der Waals surface area contributed by atoms with Crippen molar-refractivity contribution in [2.45, 2.75) is 55.2 Å². The zero-order valence-corrected chi connectivity index (χ0v) is 15.9. The van der Waals surface area contributed by atoms with Gasteiger partial charge in [0, 0.05) is 12.5 Å². The lowest BCUT2D eigenvalue weighted by Gasteiger charge is -2.17. The molecule has 1 atom stereocenters. The fourth-order valence-electron chi connectivity index (χ4n) is 2.49. The maximum atomic E-state index is 12.2. The number of amides is 1. The standard InChI is InChI=1S/C18H20N4OS2/c1-3-16(23)22(14-8-9-14)17-20-21-18(25-17)24-15(11-19)10-13-6-4-12(2)5-7-13/h4-7,14-15H,3,8-10H2,1-2H3/t15-/m0/s1. The van der Waals surface area contributed by atoms with E-state index in [0.717, 1.165) is 22.7 Å². The van der Waals surface area contributed by atoms with Crippen LogP contribution in [0.2, 0.25) is 0 Å². The van der Waals surface area contributed by atoms with E-state index in [2.05, 4.69) is 40.5 Å². The van der Waals surface area contributed by atoms with Crippen LogP contribution < -0.4 is 4.90 Å². The molecule has 7 heteroatoms. The number of nitrogens with zero attached hydrogens (tertiary/aromatic N) is 4. The number of thioether (sulfide) groups is 1. The molecular formula is C18H20N4OS2. The molecule has 25 heavy (non-hydrogen) atoms. The molecule has 0 N–H and O–H groups in total. The highest BCUT2D eigenvalue weighted by Gasteiger charge is 2.35. The molecule has 1 aromatic carbocycles. The second-order valence-electron chi connectivity index (χ2n) is 6.12. The minimum Gasteiger partial charge on any atom is -0.284 e. The minimum atomic E-state index is -0.222. The van der Waals surface area contributed by atoms with E-state index in [-0.39, 0.29) is 17.2 Å². The quantitative estimate of drug-likeness (QED) is 0.543. The fraction of sp³-hybridized carbons (Fsp3) is 0.444. The number of aromatic nitrogens is 2. The normalized spacial score (nSPS) is 14.8. The largest absolute Gasteiger partial charge is 0.284 e. The molecule has 0 aliphatic heterocycles. The Morgan fingerprint density at radius 1 is 1.40 bits per heavy atom. The lowest BCUT2D eigenvalue weighted by atomic mass is 10.1. The lowest BCUT2D eigenvalue weighted by Crippen LogP contribution is -2.32. The van der Waals surface area contributed by atoms with Crippen molar-refractivity contribution in [1.82, 2.24) is 10.2 Å². The predicted molar refractivity (Wildman–Crippen MR) is 101 cm³/mol. The van der Waals surface area contributed by atoms with Crippen molar-refractivity contribution >= 4 is 34.1 Å². The smallest absolute Gasteiger partial charge is 0.228 e. The number of anilines is 1. The molecule has 3 rings (SSSR count). The van der Waals surface area contributed by atoms with Gasteiger partial charge in [-0.2, -0.15) is 5.26 Å². The Bertz CT molecular complexity index is 777. The summed E-state index contributed by atoms with van der Waals surface area (Å²) in [5, 5.41) is 18.3. The Kier molecular flexibility index (Phi) is 5.71. The SMILES string of the molecule is CCC(=O)N(c1nnc(S[C@H](C#N)Cc2ccc(C)cc2)s1)C1CC1. The van der Waals surface area contributed by atoms with E-state index in [4.69, 9.17) is 0 Å². The number of aryl methyl sites for hydroxylation is 1. The third-order valence-corrected chi connectivity index (χ3v) is 6.11. The van der Waals surface area contributed by atoms with Gasteiger partial charge in [-0.1, -0.05) is 59.9 Å². The summed E-state index contributed by atoms with van der Waals surface area (Å²) in [7, 11) is 0. The highest BCUT2D eigenvalue weighted by atomic mass is 32.2. The van der Waals surface area contributed by atoms with Gasteiger partial charge in [-0.3, -0.25) is 9.69 Å². The van der Waals surface area contributed by atoms with E-state index >= 15 is 0 Å². The first-order chi connectivity index (χ1) is 12.1. The summed E-state index contributed by atoms with van der Waals surface area (Å²) in [6, 6.07) is 10.8. The molecule has 1 fully saturated rings. The molecule has 2 aromatic rings. The van der Waals surface area contributed by atoms with Gasteiger partial charge in [-0.25, -0.2) is 0 Å². The third-order valence-electron chi connectivity index (χ3n) is 4.01. The average molecular weight is 373 g/mol. The van der Waals surface area contributed by atoms with Crippen molar-refractivity contribution in [2.24, 2.45) is 0 Å². The zero-order valence-electron chi connectivity index (χ0n) is 14.3. The molecule has 1 saturated carbocycles. The summed E-state index contributed by atoms with van der Waals surface area (Å²) in [5.74, 6) is 0.0895. The van der Waals surface area contributed by atoms with Crippen molar-refractivity contribution in [2.75, 3.05) is 4.90 Å². The van der Waals surface area contributed by atoms with Crippen LogP contribution in [0.25, 0.3) is 0 Å². The Hall–Kier alpha value is -1.91. The maximum Gasteiger partial charge on any atom is 0.228 e. The van der Waals surface area contributed by atoms with Gasteiger partial charge in [0.05, 0.1) is 6.07 Å². The van der Waals surface area contributed by atoms with Gasteiger partial charge in [0.1, 0.15) is 5.25 Å². The van der Waals surface area contributed by atoms with E-state index in [9.17, 15) is 10.1 Å². The van der Waals surface area contributed by atoms with Crippen molar-refractivity contribution in [3.63, 3.8) is 0 Å². The average Bonchev–Trinajstić information content (AvgIpc) is 3.35. The lowest BCUT2D eigenvalue weighted by molar-refractivity contribution is -0.118. The Labute approximate surface area is 156 Å². The third kappa shape index (κ3) is 4.59. The molecule has 0 spiro atoms. The number of hydrogen-bond donors (Lipinski definition) is 0. The molecule has 130 valence electrons. The first kappa shape index (κ1) is 17.9. The Morgan fingerprint density at radius 2 is 2.12 bits per heavy atom. The van der Waals surface area contributed by atoms with Crippen molar-refractivity contribution in [3.05, 3.63) is 35.4 Å². The summed E-state index contributed by atoms with van der Waals surface area (Å²) in [6.45, 7) is 3.91. The van der Waals surface area contributed by atoms with E-state index < -0.39 is 0 Å². The zero-order chi connectivity index (χ0) is 17.8. The van der Waals surface area contributed by atoms with Gasteiger partial charge in [-0.05, 0) is 31.7 Å². The van der Waals surface area contributed by atoms with Gasteiger partial charge in [0.2, 0.25) is 11.0 Å². The first-order valence-corrected chi connectivity index (χ1v) is 10.1. The number of hydrogen-bond acceptors (Lipinski definition) is 6. The van der Waals surface area contributed by atoms with Crippen molar-refractivity contribution < 1.29 is 4.79 Å². The van der Waals surface area contributed by atoms with E-state index in [1.807, 2.05) is 13.8 Å². The highest BCUT2D eigenvalue weighted by Crippen LogP contribution is 2.37. The van der Waals surface area contributed by atoms with Crippen molar-refractivity contribution in [1.29, 1.82) is 5.26 Å². The summed E-state index contributed by atoms with van der Waals surface area (Å²) in [5.41, 5.74) is 2.34. The topological polar surface area (TPSA) is 69.9 Å². The van der Waals surface area contributed by atoms with Gasteiger partial charge in [0.15, 0.2) is 4.34 Å². The Balaban J connectivity index is 1.67. The molecule has 1 heterocycles. The van der Waals surface area contributed by atoms with Gasteiger partial charge < -0.3 is 0 Å². The molecule has 1 amide bonds.